The van der Waals surface area contributed by atoms with Gasteiger partial charge in [0.15, 0.2) is 0 Å². The van der Waals surface area contributed by atoms with E-state index in [9.17, 15) is 14.0 Å². The van der Waals surface area contributed by atoms with Crippen molar-refractivity contribution in [2.45, 2.75) is 18.2 Å². The number of methoxy groups -OCH3 is 1. The number of hydrogen-bond donors (Lipinski definition) is 4. The van der Waals surface area contributed by atoms with Gasteiger partial charge in [-0.05, 0) is 32.3 Å². The molecule has 0 fully saturated rings. The number of aromatic amines is 1. The normalized spacial score (nSPS) is 12.8. The van der Waals surface area contributed by atoms with E-state index in [0.29, 0.717) is 29.4 Å². The zero-order chi connectivity index (χ0) is 29.7. The van der Waals surface area contributed by atoms with Crippen molar-refractivity contribution in [1.82, 2.24) is 25.0 Å². The quantitative estimate of drug-likeness (QED) is 0.148. The third-order valence-corrected chi connectivity index (χ3v) is 6.89. The summed E-state index contributed by atoms with van der Waals surface area (Å²) in [6.45, 7) is 1.39. The molecule has 4 aromatic rings. The number of aromatic nitrogens is 3. The van der Waals surface area contributed by atoms with Gasteiger partial charge in [0.1, 0.15) is 11.8 Å². The Balaban J connectivity index is 1.69. The van der Waals surface area contributed by atoms with Gasteiger partial charge in [0.25, 0.3) is 11.5 Å². The standard InChI is InChI=1S/C28H34ClFN8O3/c1-36(2)11-12-37(3)24-14-25(41-4)19(31)13-21(24)33-27(39)22(34-28(40)26(29)30)16-38-15-18(20-9-10-32-35-20)17-7-5-6-8-23(17)38/h5-10,13-15,22,26H,11-12,16,31H2,1-4H3,(H,32,35)(H,33,39)(H,34,40)/t22-,26?/m0/s1. The van der Waals surface area contributed by atoms with Crippen LogP contribution in [0.1, 0.15) is 0 Å². The van der Waals surface area contributed by atoms with Crippen molar-refractivity contribution in [3.8, 4) is 17.0 Å². The molecule has 0 saturated heterocycles. The summed E-state index contributed by atoms with van der Waals surface area (Å²) in [6, 6.07) is 11.6. The molecule has 13 heteroatoms. The molecule has 1 unspecified atom stereocenters. The Morgan fingerprint density at radius 1 is 1.17 bits per heavy atom. The molecule has 0 spiro atoms. The van der Waals surface area contributed by atoms with E-state index in [1.54, 1.807) is 18.3 Å². The molecule has 0 saturated carbocycles. The number of carbonyl (C=O) groups excluding carboxylic acids is 2. The number of carbonyl (C=O) groups is 2. The van der Waals surface area contributed by atoms with Crippen molar-refractivity contribution in [3.63, 3.8) is 0 Å². The summed E-state index contributed by atoms with van der Waals surface area (Å²) < 4.78 is 21.0. The van der Waals surface area contributed by atoms with Gasteiger partial charge in [-0.2, -0.15) is 5.10 Å². The van der Waals surface area contributed by atoms with Gasteiger partial charge < -0.3 is 35.5 Å². The van der Waals surface area contributed by atoms with Crippen LogP contribution in [-0.2, 0) is 16.1 Å². The first kappa shape index (κ1) is 29.7. The molecule has 0 bridgehead atoms. The Labute approximate surface area is 242 Å². The predicted octanol–water partition coefficient (Wildman–Crippen LogP) is 3.28. The molecule has 2 heterocycles. The summed E-state index contributed by atoms with van der Waals surface area (Å²) in [5.74, 6) is -1.25. The fourth-order valence-corrected chi connectivity index (χ4v) is 4.58. The second kappa shape index (κ2) is 12.9. The SMILES string of the molecule is COc1cc(N(C)CCN(C)C)c(NC(=O)[C@H](Cn2cc(-c3ccn[nH]3)c3ccccc32)NC(=O)C(F)Cl)cc1N. The Kier molecular flexibility index (Phi) is 9.35. The highest BCUT2D eigenvalue weighted by Gasteiger charge is 2.27. The van der Waals surface area contributed by atoms with Crippen LogP contribution >= 0.6 is 11.6 Å². The van der Waals surface area contributed by atoms with E-state index in [-0.39, 0.29) is 6.54 Å². The van der Waals surface area contributed by atoms with E-state index in [4.69, 9.17) is 22.1 Å². The number of nitrogens with zero attached hydrogens (tertiary/aromatic N) is 4. The van der Waals surface area contributed by atoms with Gasteiger partial charge in [0.2, 0.25) is 5.91 Å². The average Bonchev–Trinajstić information content (AvgIpc) is 3.60. The lowest BCUT2D eigenvalue weighted by Crippen LogP contribution is -2.48. The summed E-state index contributed by atoms with van der Waals surface area (Å²) >= 11 is 5.42. The largest absolute Gasteiger partial charge is 0.495 e. The molecule has 41 heavy (non-hydrogen) atoms. The summed E-state index contributed by atoms with van der Waals surface area (Å²) in [5, 5.41) is 13.2. The van der Waals surface area contributed by atoms with Crippen molar-refractivity contribution in [1.29, 1.82) is 0 Å². The Morgan fingerprint density at radius 3 is 2.59 bits per heavy atom. The van der Waals surface area contributed by atoms with Gasteiger partial charge in [-0.1, -0.05) is 29.8 Å². The first-order chi connectivity index (χ1) is 19.6. The smallest absolute Gasteiger partial charge is 0.270 e. The number of anilines is 3. The van der Waals surface area contributed by atoms with Crippen LogP contribution in [0.5, 0.6) is 5.75 Å². The second-order valence-corrected chi connectivity index (χ2v) is 10.3. The molecule has 2 aromatic carbocycles. The number of fused-ring (bicyclic) bond motifs is 1. The lowest BCUT2D eigenvalue weighted by Gasteiger charge is -2.26. The van der Waals surface area contributed by atoms with Crippen LogP contribution in [0.3, 0.4) is 0 Å². The third-order valence-electron chi connectivity index (χ3n) is 6.69. The van der Waals surface area contributed by atoms with E-state index in [1.807, 2.05) is 72.0 Å². The van der Waals surface area contributed by atoms with E-state index in [0.717, 1.165) is 28.7 Å². The maximum atomic E-state index is 13.7. The van der Waals surface area contributed by atoms with Crippen molar-refractivity contribution < 1.29 is 18.7 Å². The monoisotopic (exact) mass is 584 g/mol. The van der Waals surface area contributed by atoms with E-state index >= 15 is 0 Å². The van der Waals surface area contributed by atoms with E-state index in [2.05, 4.69) is 20.8 Å². The van der Waals surface area contributed by atoms with Crippen molar-refractivity contribution in [2.75, 3.05) is 57.3 Å². The maximum Gasteiger partial charge on any atom is 0.270 e. The summed E-state index contributed by atoms with van der Waals surface area (Å²) in [6.07, 6.45) is 3.50. The molecule has 0 aliphatic carbocycles. The lowest BCUT2D eigenvalue weighted by atomic mass is 10.1. The molecule has 0 aliphatic rings. The van der Waals surface area contributed by atoms with E-state index in [1.165, 1.54) is 7.11 Å². The van der Waals surface area contributed by atoms with Crippen LogP contribution < -0.4 is 26.0 Å². The van der Waals surface area contributed by atoms with Crippen molar-refractivity contribution in [2.24, 2.45) is 0 Å². The first-order valence-electron chi connectivity index (χ1n) is 12.9. The number of nitrogens with one attached hydrogen (secondary N) is 3. The maximum absolute atomic E-state index is 13.7. The van der Waals surface area contributed by atoms with Crippen LogP contribution in [0, 0.1) is 0 Å². The van der Waals surface area contributed by atoms with Gasteiger partial charge in [0.05, 0.1) is 36.4 Å². The zero-order valence-corrected chi connectivity index (χ0v) is 24.1. The van der Waals surface area contributed by atoms with Crippen LogP contribution in [-0.4, -0.2) is 84.5 Å². The molecule has 0 aliphatic heterocycles. The summed E-state index contributed by atoms with van der Waals surface area (Å²) in [7, 11) is 7.32. The molecule has 218 valence electrons. The molecular weight excluding hydrogens is 551 g/mol. The molecule has 0 radical (unpaired) electrons. The number of nitrogen functional groups attached to an aromatic ring is 1. The number of hydrogen-bond acceptors (Lipinski definition) is 7. The number of rotatable bonds is 12. The van der Waals surface area contributed by atoms with Crippen molar-refractivity contribution >= 4 is 51.4 Å². The number of amides is 2. The predicted molar refractivity (Wildman–Crippen MR) is 160 cm³/mol. The van der Waals surface area contributed by atoms with Gasteiger partial charge in [-0.3, -0.25) is 14.7 Å². The van der Waals surface area contributed by atoms with E-state index < -0.39 is 23.5 Å². The van der Waals surface area contributed by atoms with Crippen LogP contribution in [0.25, 0.3) is 22.2 Å². The Bertz CT molecular complexity index is 1510. The average molecular weight is 585 g/mol. The topological polar surface area (TPSA) is 134 Å². The number of H-pyrrole nitrogens is 1. The highest BCUT2D eigenvalue weighted by Crippen LogP contribution is 2.35. The third kappa shape index (κ3) is 6.90. The number of halogens is 2. The highest BCUT2D eigenvalue weighted by molar-refractivity contribution is 6.29. The number of ether oxygens (including phenoxy) is 1. The number of nitrogens with two attached hydrogens (primary N) is 1. The number of benzene rings is 2. The number of likely N-dealkylation sites (N-methyl/N-ethyl adjacent to an activating group) is 2. The highest BCUT2D eigenvalue weighted by atomic mass is 35.5. The van der Waals surface area contributed by atoms with Gasteiger partial charge >= 0.3 is 0 Å². The van der Waals surface area contributed by atoms with Gasteiger partial charge in [-0.25, -0.2) is 4.39 Å². The van der Waals surface area contributed by atoms with Crippen LogP contribution in [0.15, 0.2) is 54.9 Å². The Morgan fingerprint density at radius 2 is 1.93 bits per heavy atom. The minimum Gasteiger partial charge on any atom is -0.495 e. The second-order valence-electron chi connectivity index (χ2n) is 9.87. The fourth-order valence-electron chi connectivity index (χ4n) is 4.51. The molecule has 2 atom stereocenters. The summed E-state index contributed by atoms with van der Waals surface area (Å²) in [4.78, 5) is 30.1. The van der Waals surface area contributed by atoms with Crippen LogP contribution in [0.2, 0.25) is 0 Å². The van der Waals surface area contributed by atoms with Crippen molar-refractivity contribution in [3.05, 3.63) is 54.9 Å². The minimum absolute atomic E-state index is 0.00668. The molecule has 5 N–H and O–H groups in total. The first-order valence-corrected chi connectivity index (χ1v) is 13.3. The van der Waals surface area contributed by atoms with Gasteiger partial charge in [-0.15, -0.1) is 0 Å². The minimum atomic E-state index is -2.32. The summed E-state index contributed by atoms with van der Waals surface area (Å²) in [5.41, 5.74) is 7.69. The number of alkyl halides is 2. The lowest BCUT2D eigenvalue weighted by molar-refractivity contribution is -0.128. The zero-order valence-electron chi connectivity index (χ0n) is 23.3. The molecule has 11 nitrogen and oxygen atoms in total. The fraction of sp³-hybridized carbons (Fsp3) is 0.321. The molecule has 4 rings (SSSR count). The Hall–Kier alpha value is -4.29. The van der Waals surface area contributed by atoms with Gasteiger partial charge in [0, 0.05) is 55.1 Å². The molecule has 2 amide bonds. The van der Waals surface area contributed by atoms with Crippen LogP contribution in [0.4, 0.5) is 21.5 Å². The molecule has 2 aromatic heterocycles. The number of para-hydroxylation sites is 1. The molecular formula is C28H34ClFN8O3.